The molecule has 2 heterocycles. The number of likely N-dealkylation sites (tertiary alicyclic amines) is 1. The summed E-state index contributed by atoms with van der Waals surface area (Å²) in [7, 11) is 0. The van der Waals surface area contributed by atoms with Crippen LogP contribution in [0.3, 0.4) is 0 Å². The van der Waals surface area contributed by atoms with Crippen LogP contribution in [0.2, 0.25) is 0 Å². The number of oxazole rings is 1. The molecule has 1 aliphatic rings. The normalized spacial score (nSPS) is 19.6. The van der Waals surface area contributed by atoms with E-state index in [9.17, 15) is 13.6 Å². The van der Waals surface area contributed by atoms with E-state index >= 15 is 0 Å². The fourth-order valence-electron chi connectivity index (χ4n) is 3.85. The minimum atomic E-state index is -2.86. The van der Waals surface area contributed by atoms with Crippen molar-refractivity contribution < 1.29 is 18.0 Å². The Hall–Kier alpha value is -3.06. The lowest BCUT2D eigenvalue weighted by Crippen LogP contribution is -2.40. The molecular formula is C22H21F2N3O2. The zero-order chi connectivity index (χ0) is 20.2. The summed E-state index contributed by atoms with van der Waals surface area (Å²) >= 11 is 0. The first-order chi connectivity index (χ1) is 14.1. The molecule has 5 nitrogen and oxygen atoms in total. The molecule has 1 aromatic heterocycles. The quantitative estimate of drug-likeness (QED) is 0.683. The van der Waals surface area contributed by atoms with Gasteiger partial charge < -0.3 is 9.73 Å². The van der Waals surface area contributed by atoms with Crippen molar-refractivity contribution in [3.63, 3.8) is 0 Å². The van der Waals surface area contributed by atoms with Gasteiger partial charge in [-0.3, -0.25) is 9.69 Å². The standard InChI is InChI=1S/C22H21F2N3O2/c23-21(24)19-20(29-14-25-19)22(28)26-18-13-27(11-15-7-3-1-4-8-15)12-17(18)16-9-5-2-6-10-16/h1-10,14,17-18,21H,11-13H2,(H,26,28)/t17-,18+/m0/s1. The fraction of sp³-hybridized carbons (Fsp3) is 0.273. The van der Waals surface area contributed by atoms with Gasteiger partial charge in [0.15, 0.2) is 12.1 Å². The number of nitrogens with one attached hydrogen (secondary N) is 1. The molecule has 1 aliphatic heterocycles. The summed E-state index contributed by atoms with van der Waals surface area (Å²) in [6.45, 7) is 2.11. The smallest absolute Gasteiger partial charge is 0.289 e. The number of carbonyl (C=O) groups is 1. The highest BCUT2D eigenvalue weighted by atomic mass is 19.3. The van der Waals surface area contributed by atoms with Crippen LogP contribution in [0.4, 0.5) is 8.78 Å². The van der Waals surface area contributed by atoms with Gasteiger partial charge in [-0.05, 0) is 11.1 Å². The van der Waals surface area contributed by atoms with Gasteiger partial charge in [0, 0.05) is 25.6 Å². The van der Waals surface area contributed by atoms with E-state index in [4.69, 9.17) is 4.42 Å². The molecule has 3 aromatic rings. The van der Waals surface area contributed by atoms with E-state index in [0.717, 1.165) is 25.0 Å². The maximum atomic E-state index is 13.1. The van der Waals surface area contributed by atoms with Crippen LogP contribution >= 0.6 is 0 Å². The van der Waals surface area contributed by atoms with E-state index in [0.29, 0.717) is 6.54 Å². The highest BCUT2D eigenvalue weighted by Gasteiger charge is 2.36. The Labute approximate surface area is 167 Å². The van der Waals surface area contributed by atoms with Crippen LogP contribution < -0.4 is 5.32 Å². The Bertz CT molecular complexity index is 947. The molecule has 4 rings (SSSR count). The van der Waals surface area contributed by atoms with Crippen molar-refractivity contribution in [2.24, 2.45) is 0 Å². The summed E-state index contributed by atoms with van der Waals surface area (Å²) in [5.41, 5.74) is 1.65. The Morgan fingerprint density at radius 2 is 1.79 bits per heavy atom. The molecule has 0 saturated carbocycles. The molecule has 2 atom stereocenters. The third-order valence-electron chi connectivity index (χ3n) is 5.20. The van der Waals surface area contributed by atoms with Crippen LogP contribution in [0.5, 0.6) is 0 Å². The first-order valence-corrected chi connectivity index (χ1v) is 9.45. The summed E-state index contributed by atoms with van der Waals surface area (Å²) < 4.78 is 31.1. The monoisotopic (exact) mass is 397 g/mol. The van der Waals surface area contributed by atoms with E-state index in [-0.39, 0.29) is 12.0 Å². The molecule has 0 aliphatic carbocycles. The number of amides is 1. The maximum absolute atomic E-state index is 13.1. The molecule has 1 saturated heterocycles. The van der Waals surface area contributed by atoms with Crippen LogP contribution in [0, 0.1) is 0 Å². The predicted octanol–water partition coefficient (Wildman–Crippen LogP) is 4.01. The molecule has 0 unspecified atom stereocenters. The van der Waals surface area contributed by atoms with Crippen molar-refractivity contribution in [2.45, 2.75) is 24.9 Å². The predicted molar refractivity (Wildman–Crippen MR) is 104 cm³/mol. The number of carbonyl (C=O) groups excluding carboxylic acids is 1. The van der Waals surface area contributed by atoms with Gasteiger partial charge >= 0.3 is 0 Å². The van der Waals surface area contributed by atoms with Crippen LogP contribution in [-0.2, 0) is 6.54 Å². The number of nitrogens with zero attached hydrogens (tertiary/aromatic N) is 2. The second-order valence-corrected chi connectivity index (χ2v) is 7.14. The summed E-state index contributed by atoms with van der Waals surface area (Å²) in [5, 5.41) is 2.89. The van der Waals surface area contributed by atoms with Crippen molar-refractivity contribution in [2.75, 3.05) is 13.1 Å². The van der Waals surface area contributed by atoms with E-state index in [1.165, 1.54) is 5.56 Å². The van der Waals surface area contributed by atoms with Crippen LogP contribution in [0.25, 0.3) is 0 Å². The third kappa shape index (κ3) is 4.35. The summed E-state index contributed by atoms with van der Waals surface area (Å²) in [4.78, 5) is 18.4. The van der Waals surface area contributed by atoms with Crippen molar-refractivity contribution >= 4 is 5.91 Å². The van der Waals surface area contributed by atoms with Gasteiger partial charge in [-0.15, -0.1) is 0 Å². The Kier molecular flexibility index (Phi) is 5.67. The second-order valence-electron chi connectivity index (χ2n) is 7.14. The lowest BCUT2D eigenvalue weighted by Gasteiger charge is -2.20. The van der Waals surface area contributed by atoms with Gasteiger partial charge in [-0.25, -0.2) is 13.8 Å². The maximum Gasteiger partial charge on any atom is 0.289 e. The molecule has 2 aromatic carbocycles. The zero-order valence-electron chi connectivity index (χ0n) is 15.7. The lowest BCUT2D eigenvalue weighted by atomic mass is 9.94. The SMILES string of the molecule is O=C(N[C@@H]1CN(Cc2ccccc2)C[C@H]1c1ccccc1)c1ocnc1C(F)F. The summed E-state index contributed by atoms with van der Waals surface area (Å²) in [5.74, 6) is -1.04. The third-order valence-corrected chi connectivity index (χ3v) is 5.20. The average Bonchev–Trinajstić information content (AvgIpc) is 3.37. The Morgan fingerprint density at radius 1 is 1.10 bits per heavy atom. The molecule has 7 heteroatoms. The molecular weight excluding hydrogens is 376 g/mol. The minimum Gasteiger partial charge on any atom is -0.438 e. The van der Waals surface area contributed by atoms with Crippen molar-refractivity contribution in [1.29, 1.82) is 0 Å². The van der Waals surface area contributed by atoms with Gasteiger partial charge in [0.25, 0.3) is 12.3 Å². The van der Waals surface area contributed by atoms with E-state index in [2.05, 4.69) is 27.3 Å². The number of alkyl halides is 2. The van der Waals surface area contributed by atoms with Crippen LogP contribution in [0.1, 0.15) is 39.7 Å². The van der Waals surface area contributed by atoms with Gasteiger partial charge in [0.05, 0.1) is 6.04 Å². The zero-order valence-corrected chi connectivity index (χ0v) is 15.7. The number of benzene rings is 2. The molecule has 1 fully saturated rings. The highest BCUT2D eigenvalue weighted by molar-refractivity contribution is 5.92. The van der Waals surface area contributed by atoms with Crippen molar-refractivity contribution in [3.8, 4) is 0 Å². The van der Waals surface area contributed by atoms with E-state index < -0.39 is 23.8 Å². The van der Waals surface area contributed by atoms with Gasteiger partial charge in [-0.1, -0.05) is 60.7 Å². The number of hydrogen-bond donors (Lipinski definition) is 1. The van der Waals surface area contributed by atoms with Crippen molar-refractivity contribution in [1.82, 2.24) is 15.2 Å². The minimum absolute atomic E-state index is 0.0433. The van der Waals surface area contributed by atoms with E-state index in [1.54, 1.807) is 0 Å². The number of aromatic nitrogens is 1. The van der Waals surface area contributed by atoms with Crippen LogP contribution in [-0.4, -0.2) is 34.9 Å². The molecule has 0 bridgehead atoms. The molecule has 1 N–H and O–H groups in total. The molecule has 1 amide bonds. The lowest BCUT2D eigenvalue weighted by molar-refractivity contribution is 0.0888. The van der Waals surface area contributed by atoms with E-state index in [1.807, 2.05) is 48.5 Å². The first-order valence-electron chi connectivity index (χ1n) is 9.45. The van der Waals surface area contributed by atoms with Gasteiger partial charge in [0.1, 0.15) is 0 Å². The highest BCUT2D eigenvalue weighted by Crippen LogP contribution is 2.29. The van der Waals surface area contributed by atoms with Crippen LogP contribution in [0.15, 0.2) is 71.5 Å². The summed E-state index contributed by atoms with van der Waals surface area (Å²) in [6.07, 6.45) is -1.99. The molecule has 0 spiro atoms. The fourth-order valence-corrected chi connectivity index (χ4v) is 3.85. The summed E-state index contributed by atoms with van der Waals surface area (Å²) in [6, 6.07) is 19.8. The topological polar surface area (TPSA) is 58.4 Å². The van der Waals surface area contributed by atoms with Gasteiger partial charge in [-0.2, -0.15) is 0 Å². The average molecular weight is 397 g/mol. The molecule has 0 radical (unpaired) electrons. The Morgan fingerprint density at radius 3 is 2.48 bits per heavy atom. The largest absolute Gasteiger partial charge is 0.438 e. The van der Waals surface area contributed by atoms with Gasteiger partial charge in [0.2, 0.25) is 5.76 Å². The number of rotatable bonds is 6. The molecule has 29 heavy (non-hydrogen) atoms. The molecule has 150 valence electrons. The Balaban J connectivity index is 1.53. The van der Waals surface area contributed by atoms with Crippen molar-refractivity contribution in [3.05, 3.63) is 89.6 Å². The number of halogens is 2. The first kappa shape index (κ1) is 19.3. The second kappa shape index (κ2) is 8.53. The number of hydrogen-bond acceptors (Lipinski definition) is 4.